The van der Waals surface area contributed by atoms with Gasteiger partial charge in [-0.2, -0.15) is 8.78 Å². The predicted octanol–water partition coefficient (Wildman–Crippen LogP) is 1.69. The Morgan fingerprint density at radius 1 is 1.40 bits per heavy atom. The minimum absolute atomic E-state index is 0.0869. The summed E-state index contributed by atoms with van der Waals surface area (Å²) in [5.41, 5.74) is 0.0869. The third kappa shape index (κ3) is 5.81. The van der Waals surface area contributed by atoms with Crippen LogP contribution in [0.1, 0.15) is 19.8 Å². The Balaban J connectivity index is 4.28. The molecule has 120 valence electrons. The molecule has 6 nitrogen and oxygen atoms in total. The van der Waals surface area contributed by atoms with E-state index >= 15 is 0 Å². The Bertz CT molecular complexity index is 437. The van der Waals surface area contributed by atoms with Crippen molar-refractivity contribution in [3.8, 4) is 0 Å². The van der Waals surface area contributed by atoms with Crippen LogP contribution in [-0.4, -0.2) is 46.2 Å². The van der Waals surface area contributed by atoms with Gasteiger partial charge < -0.3 is 13.7 Å². The van der Waals surface area contributed by atoms with E-state index in [0.717, 1.165) is 0 Å². The average molecular weight is 333 g/mol. The zero-order valence-electron chi connectivity index (χ0n) is 11.8. The molecule has 1 atom stereocenters. The van der Waals surface area contributed by atoms with Crippen molar-refractivity contribution in [3.63, 3.8) is 0 Å². The molecule has 0 amide bonds. The summed E-state index contributed by atoms with van der Waals surface area (Å²) in [5.74, 6) is -0.971. The van der Waals surface area contributed by atoms with Crippen molar-refractivity contribution in [1.82, 2.24) is 0 Å². The van der Waals surface area contributed by atoms with E-state index < -0.39 is 36.3 Å². The lowest BCUT2D eigenvalue weighted by Gasteiger charge is -2.27. The number of esters is 1. The van der Waals surface area contributed by atoms with Gasteiger partial charge in [-0.05, 0) is 25.1 Å². The first-order valence-corrected chi connectivity index (χ1v) is 10.3. The van der Waals surface area contributed by atoms with Crippen molar-refractivity contribution in [3.05, 3.63) is 0 Å². The Morgan fingerprint density at radius 2 is 1.90 bits per heavy atom. The van der Waals surface area contributed by atoms with Crippen molar-refractivity contribution in [2.45, 2.75) is 43.7 Å². The maximum atomic E-state index is 12.7. The van der Waals surface area contributed by atoms with E-state index in [4.69, 9.17) is 4.43 Å². The molecule has 0 aliphatic heterocycles. The summed E-state index contributed by atoms with van der Waals surface area (Å²) in [6, 6.07) is 0. The summed E-state index contributed by atoms with van der Waals surface area (Å²) in [5, 5.41) is -4.60. The van der Waals surface area contributed by atoms with Crippen LogP contribution >= 0.6 is 0 Å². The van der Waals surface area contributed by atoms with Crippen molar-refractivity contribution >= 4 is 24.4 Å². The largest absolute Gasteiger partial charge is 0.743 e. The molecular weight excluding hydrogens is 314 g/mol. The van der Waals surface area contributed by atoms with E-state index in [1.807, 2.05) is 20.0 Å². The Hall–Kier alpha value is -0.583. The van der Waals surface area contributed by atoms with Gasteiger partial charge in [0.15, 0.2) is 25.0 Å². The number of halogens is 2. The second-order valence-corrected chi connectivity index (χ2v) is 11.1. The monoisotopic (exact) mass is 333 g/mol. The number of carbonyl (C=O) groups excluding carboxylic acids is 1. The molecular formula is C10H19F2O6SSi-. The summed E-state index contributed by atoms with van der Waals surface area (Å²) in [4.78, 5) is 11.3. The Kier molecular flexibility index (Phi) is 6.72. The number of rotatable bonds is 8. The van der Waals surface area contributed by atoms with Gasteiger partial charge in [-0.25, -0.2) is 8.42 Å². The maximum absolute atomic E-state index is 12.7. The van der Waals surface area contributed by atoms with Crippen LogP contribution in [0, 0.1) is 0 Å². The normalized spacial score (nSPS) is 14.9. The van der Waals surface area contributed by atoms with Crippen LogP contribution in [0.5, 0.6) is 0 Å². The fraction of sp³-hybridized carbons (Fsp3) is 0.900. The zero-order valence-corrected chi connectivity index (χ0v) is 13.6. The van der Waals surface area contributed by atoms with Gasteiger partial charge in [-0.15, -0.1) is 0 Å². The summed E-state index contributed by atoms with van der Waals surface area (Å²) >= 11 is 0. The van der Waals surface area contributed by atoms with Crippen LogP contribution in [0.4, 0.5) is 8.78 Å². The molecule has 0 N–H and O–H groups in total. The number of hydrogen-bond acceptors (Lipinski definition) is 6. The highest BCUT2D eigenvalue weighted by Gasteiger charge is 2.39. The molecule has 0 saturated carbocycles. The highest BCUT2D eigenvalue weighted by molar-refractivity contribution is 7.86. The van der Waals surface area contributed by atoms with Gasteiger partial charge in [-0.3, -0.25) is 4.79 Å². The molecule has 0 fully saturated rings. The smallest absolute Gasteiger partial charge is 0.367 e. The van der Waals surface area contributed by atoms with E-state index in [0.29, 0.717) is 6.42 Å². The minimum Gasteiger partial charge on any atom is -0.743 e. The summed E-state index contributed by atoms with van der Waals surface area (Å²) in [7, 11) is -6.20. The fourth-order valence-electron chi connectivity index (χ4n) is 1.19. The molecule has 0 spiro atoms. The summed E-state index contributed by atoms with van der Waals surface area (Å²) in [6.07, 6.45) is 0.234. The molecule has 0 radical (unpaired) electrons. The highest BCUT2D eigenvalue weighted by atomic mass is 32.2. The highest BCUT2D eigenvalue weighted by Crippen LogP contribution is 2.27. The van der Waals surface area contributed by atoms with Gasteiger partial charge in [0.1, 0.15) is 0 Å². The molecule has 0 aliphatic carbocycles. The maximum Gasteiger partial charge on any atom is 0.367 e. The lowest BCUT2D eigenvalue weighted by atomic mass is 10.2. The van der Waals surface area contributed by atoms with Crippen LogP contribution < -0.4 is 0 Å². The van der Waals surface area contributed by atoms with Gasteiger partial charge >= 0.3 is 11.2 Å². The first-order chi connectivity index (χ1) is 8.83. The standard InChI is InChI=1S/C10H20F2O6SSi/c1-8(20(3,4)17-2)5-6-9(13)18-7-10(11,12)19(14,15)16/h8H,5-7H2,1-4H3,(H,14,15,16)/p-1. The predicted molar refractivity (Wildman–Crippen MR) is 68.8 cm³/mol. The molecule has 0 aromatic carbocycles. The van der Waals surface area contributed by atoms with Crippen molar-refractivity contribution in [2.24, 2.45) is 0 Å². The number of ether oxygens (including phenoxy) is 1. The van der Waals surface area contributed by atoms with Crippen LogP contribution in [-0.2, 0) is 24.1 Å². The first-order valence-electron chi connectivity index (χ1n) is 5.87. The lowest BCUT2D eigenvalue weighted by molar-refractivity contribution is -0.149. The van der Waals surface area contributed by atoms with Crippen LogP contribution in [0.15, 0.2) is 0 Å². The summed E-state index contributed by atoms with van der Waals surface area (Å²) < 4.78 is 65.5. The van der Waals surface area contributed by atoms with Gasteiger partial charge in [0.25, 0.3) is 0 Å². The molecule has 1 unspecified atom stereocenters. The van der Waals surface area contributed by atoms with E-state index in [2.05, 4.69) is 4.74 Å². The molecule has 0 rings (SSSR count). The molecule has 20 heavy (non-hydrogen) atoms. The van der Waals surface area contributed by atoms with Crippen LogP contribution in [0.2, 0.25) is 18.6 Å². The molecule has 0 bridgehead atoms. The van der Waals surface area contributed by atoms with E-state index in [-0.39, 0.29) is 12.0 Å². The first kappa shape index (κ1) is 19.4. The van der Waals surface area contributed by atoms with E-state index in [9.17, 15) is 26.5 Å². The average Bonchev–Trinajstić information content (AvgIpc) is 2.31. The van der Waals surface area contributed by atoms with Crippen LogP contribution in [0.25, 0.3) is 0 Å². The quantitative estimate of drug-likeness (QED) is 0.381. The third-order valence-corrected chi connectivity index (χ3v) is 7.83. The Labute approximate surface area is 118 Å². The molecule has 0 aromatic heterocycles. The van der Waals surface area contributed by atoms with Gasteiger partial charge in [0, 0.05) is 13.5 Å². The van der Waals surface area contributed by atoms with E-state index in [1.54, 1.807) is 7.11 Å². The van der Waals surface area contributed by atoms with Gasteiger partial charge in [0.05, 0.1) is 0 Å². The number of alkyl halides is 2. The number of hydrogen-bond donors (Lipinski definition) is 0. The molecule has 0 saturated heterocycles. The van der Waals surface area contributed by atoms with Crippen molar-refractivity contribution in [2.75, 3.05) is 13.7 Å². The molecule has 10 heteroatoms. The second kappa shape index (κ2) is 6.92. The van der Waals surface area contributed by atoms with Crippen LogP contribution in [0.3, 0.4) is 0 Å². The molecule has 0 heterocycles. The summed E-state index contributed by atoms with van der Waals surface area (Å²) in [6.45, 7) is 4.01. The minimum atomic E-state index is -5.83. The van der Waals surface area contributed by atoms with Crippen molar-refractivity contribution < 1.29 is 35.7 Å². The van der Waals surface area contributed by atoms with Crippen molar-refractivity contribution in [1.29, 1.82) is 0 Å². The molecule has 0 aromatic rings. The van der Waals surface area contributed by atoms with Gasteiger partial charge in [-0.1, -0.05) is 6.92 Å². The van der Waals surface area contributed by atoms with Gasteiger partial charge in [0.2, 0.25) is 0 Å². The molecule has 0 aliphatic rings. The number of carbonyl (C=O) groups is 1. The third-order valence-electron chi connectivity index (χ3n) is 3.26. The topological polar surface area (TPSA) is 92.7 Å². The SMILES string of the molecule is CO[Si](C)(C)C(C)CCC(=O)OCC(F)(F)S(=O)(=O)[O-]. The fourth-order valence-corrected chi connectivity index (χ4v) is 2.64. The Morgan fingerprint density at radius 3 is 2.30 bits per heavy atom. The second-order valence-electron chi connectivity index (χ2n) is 5.00. The lowest BCUT2D eigenvalue weighted by Crippen LogP contribution is -2.35. The zero-order chi connectivity index (χ0) is 16.2. The van der Waals surface area contributed by atoms with E-state index in [1.165, 1.54) is 0 Å².